The number of hydrogen-bond donors (Lipinski definition) is 2. The predicted octanol–water partition coefficient (Wildman–Crippen LogP) is 1.16. The van der Waals surface area contributed by atoms with E-state index in [2.05, 4.69) is 4.72 Å². The van der Waals surface area contributed by atoms with E-state index < -0.39 is 16.1 Å². The minimum atomic E-state index is -3.68. The number of rotatable bonds is 5. The van der Waals surface area contributed by atoms with Crippen LogP contribution in [0.2, 0.25) is 0 Å². The van der Waals surface area contributed by atoms with Crippen molar-refractivity contribution < 1.29 is 13.5 Å². The summed E-state index contributed by atoms with van der Waals surface area (Å²) in [5, 5.41) is 18.0. The van der Waals surface area contributed by atoms with Gasteiger partial charge < -0.3 is 5.11 Å². The average molecular weight is 282 g/mol. The van der Waals surface area contributed by atoms with Crippen LogP contribution in [0.15, 0.2) is 23.1 Å². The zero-order valence-electron chi connectivity index (χ0n) is 11.2. The van der Waals surface area contributed by atoms with E-state index in [1.165, 1.54) is 18.2 Å². The lowest BCUT2D eigenvalue weighted by Gasteiger charge is -2.20. The van der Waals surface area contributed by atoms with Gasteiger partial charge in [-0.2, -0.15) is 5.26 Å². The molecule has 1 rings (SSSR count). The summed E-state index contributed by atoms with van der Waals surface area (Å²) in [6.07, 6.45) is 0. The molecule has 0 saturated carbocycles. The number of aliphatic hydroxyl groups excluding tert-OH is 1. The second kappa shape index (κ2) is 6.15. The fourth-order valence-electron chi connectivity index (χ4n) is 1.58. The maximum absolute atomic E-state index is 12.2. The lowest BCUT2D eigenvalue weighted by atomic mass is 10.1. The van der Waals surface area contributed by atoms with Crippen molar-refractivity contribution in [2.45, 2.75) is 31.7 Å². The van der Waals surface area contributed by atoms with Crippen molar-refractivity contribution in [2.75, 3.05) is 6.61 Å². The van der Waals surface area contributed by atoms with Gasteiger partial charge >= 0.3 is 0 Å². The van der Waals surface area contributed by atoms with Gasteiger partial charge in [0.1, 0.15) is 0 Å². The van der Waals surface area contributed by atoms with Gasteiger partial charge in [0.05, 0.1) is 23.1 Å². The topological polar surface area (TPSA) is 90.2 Å². The van der Waals surface area contributed by atoms with E-state index in [1.54, 1.807) is 6.92 Å². The molecular weight excluding hydrogens is 264 g/mol. The molecule has 0 saturated heterocycles. The van der Waals surface area contributed by atoms with Crippen LogP contribution in [-0.2, 0) is 10.0 Å². The van der Waals surface area contributed by atoms with E-state index in [0.29, 0.717) is 11.1 Å². The quantitative estimate of drug-likeness (QED) is 0.848. The lowest BCUT2D eigenvalue weighted by Crippen LogP contribution is -2.41. The third kappa shape index (κ3) is 3.77. The molecule has 0 spiro atoms. The predicted molar refractivity (Wildman–Crippen MR) is 71.9 cm³/mol. The van der Waals surface area contributed by atoms with E-state index in [9.17, 15) is 13.5 Å². The first-order valence-corrected chi connectivity index (χ1v) is 7.44. The minimum absolute atomic E-state index is 0.0146. The Morgan fingerprint density at radius 1 is 1.42 bits per heavy atom. The van der Waals surface area contributed by atoms with Gasteiger partial charge in [0, 0.05) is 6.04 Å². The number of nitrogens with zero attached hydrogens (tertiary/aromatic N) is 1. The molecule has 0 aromatic heterocycles. The van der Waals surface area contributed by atoms with Crippen molar-refractivity contribution in [1.29, 1.82) is 5.26 Å². The number of nitrogens with one attached hydrogen (secondary N) is 1. The zero-order chi connectivity index (χ0) is 14.6. The van der Waals surface area contributed by atoms with Crippen molar-refractivity contribution in [3.63, 3.8) is 0 Å². The van der Waals surface area contributed by atoms with Crippen LogP contribution in [0.1, 0.15) is 25.0 Å². The summed E-state index contributed by atoms with van der Waals surface area (Å²) in [4.78, 5) is 0.100. The molecule has 19 heavy (non-hydrogen) atoms. The summed E-state index contributed by atoms with van der Waals surface area (Å²) in [5.74, 6) is -0.0146. The Bertz CT molecular complexity index is 588. The highest BCUT2D eigenvalue weighted by molar-refractivity contribution is 7.89. The summed E-state index contributed by atoms with van der Waals surface area (Å²) in [6, 6.07) is 5.79. The highest BCUT2D eigenvalue weighted by Crippen LogP contribution is 2.16. The molecule has 0 aliphatic rings. The molecule has 0 fully saturated rings. The van der Waals surface area contributed by atoms with Crippen LogP contribution in [0.3, 0.4) is 0 Å². The highest BCUT2D eigenvalue weighted by Gasteiger charge is 2.22. The minimum Gasteiger partial charge on any atom is -0.395 e. The fourth-order valence-corrected chi connectivity index (χ4v) is 3.04. The smallest absolute Gasteiger partial charge is 0.240 e. The Balaban J connectivity index is 3.08. The van der Waals surface area contributed by atoms with Crippen LogP contribution in [-0.4, -0.2) is 26.2 Å². The van der Waals surface area contributed by atoms with Gasteiger partial charge in [0.15, 0.2) is 0 Å². The van der Waals surface area contributed by atoms with Crippen molar-refractivity contribution >= 4 is 10.0 Å². The molecule has 1 atom stereocenters. The Hall–Kier alpha value is -1.42. The van der Waals surface area contributed by atoms with E-state index >= 15 is 0 Å². The van der Waals surface area contributed by atoms with E-state index in [4.69, 9.17) is 5.26 Å². The molecule has 0 unspecified atom stereocenters. The number of aliphatic hydroxyl groups is 1. The number of hydrogen-bond acceptors (Lipinski definition) is 4. The normalized spacial score (nSPS) is 13.3. The summed E-state index contributed by atoms with van der Waals surface area (Å²) >= 11 is 0. The monoisotopic (exact) mass is 282 g/mol. The first-order valence-electron chi connectivity index (χ1n) is 5.95. The first-order chi connectivity index (χ1) is 8.81. The van der Waals surface area contributed by atoms with E-state index in [1.807, 2.05) is 19.9 Å². The third-order valence-corrected chi connectivity index (χ3v) is 4.42. The molecule has 0 aliphatic heterocycles. The van der Waals surface area contributed by atoms with Gasteiger partial charge in [-0.05, 0) is 36.6 Å². The Morgan fingerprint density at radius 3 is 2.47 bits per heavy atom. The number of nitriles is 1. The van der Waals surface area contributed by atoms with Crippen molar-refractivity contribution in [1.82, 2.24) is 4.72 Å². The second-order valence-electron chi connectivity index (χ2n) is 4.74. The van der Waals surface area contributed by atoms with Crippen molar-refractivity contribution in [3.05, 3.63) is 29.3 Å². The summed E-state index contributed by atoms with van der Waals surface area (Å²) < 4.78 is 26.8. The Labute approximate surface area is 113 Å². The molecule has 0 bridgehead atoms. The first kappa shape index (κ1) is 15.6. The Morgan fingerprint density at radius 2 is 2.05 bits per heavy atom. The summed E-state index contributed by atoms with van der Waals surface area (Å²) in [7, 11) is -3.68. The number of aryl methyl sites for hydroxylation is 1. The van der Waals surface area contributed by atoms with Gasteiger partial charge in [0.2, 0.25) is 10.0 Å². The molecule has 104 valence electrons. The van der Waals surface area contributed by atoms with Crippen LogP contribution in [0.5, 0.6) is 0 Å². The third-order valence-electron chi connectivity index (χ3n) is 2.94. The lowest BCUT2D eigenvalue weighted by molar-refractivity contribution is 0.227. The zero-order valence-corrected chi connectivity index (χ0v) is 12.0. The highest BCUT2D eigenvalue weighted by atomic mass is 32.2. The molecule has 0 amide bonds. The molecule has 2 N–H and O–H groups in total. The van der Waals surface area contributed by atoms with Gasteiger partial charge in [-0.15, -0.1) is 0 Å². The van der Waals surface area contributed by atoms with Crippen molar-refractivity contribution in [2.24, 2.45) is 5.92 Å². The van der Waals surface area contributed by atoms with Crippen LogP contribution in [0.25, 0.3) is 0 Å². The van der Waals surface area contributed by atoms with Gasteiger partial charge in [-0.3, -0.25) is 0 Å². The number of benzene rings is 1. The van der Waals surface area contributed by atoms with Gasteiger partial charge in [0.25, 0.3) is 0 Å². The molecular formula is C13H18N2O3S. The van der Waals surface area contributed by atoms with Gasteiger partial charge in [-0.25, -0.2) is 13.1 Å². The molecule has 6 heteroatoms. The van der Waals surface area contributed by atoms with Crippen LogP contribution >= 0.6 is 0 Å². The summed E-state index contributed by atoms with van der Waals surface area (Å²) in [5.41, 5.74) is 1.05. The van der Waals surface area contributed by atoms with Crippen LogP contribution in [0.4, 0.5) is 0 Å². The SMILES string of the molecule is Cc1cc(S(=O)(=O)N[C@H](CO)C(C)C)ccc1C#N. The van der Waals surface area contributed by atoms with Crippen LogP contribution < -0.4 is 4.72 Å². The number of sulfonamides is 1. The van der Waals surface area contributed by atoms with E-state index in [-0.39, 0.29) is 17.4 Å². The van der Waals surface area contributed by atoms with Crippen molar-refractivity contribution in [3.8, 4) is 6.07 Å². The molecule has 5 nitrogen and oxygen atoms in total. The average Bonchev–Trinajstić information content (AvgIpc) is 2.35. The maximum atomic E-state index is 12.2. The van der Waals surface area contributed by atoms with Gasteiger partial charge in [-0.1, -0.05) is 13.8 Å². The Kier molecular flexibility index (Phi) is 5.06. The second-order valence-corrected chi connectivity index (χ2v) is 6.46. The molecule has 1 aromatic carbocycles. The molecule has 0 aliphatic carbocycles. The standard InChI is InChI=1S/C13H18N2O3S/c1-9(2)13(8-16)15-19(17,18)12-5-4-11(7-14)10(3)6-12/h4-6,9,13,15-16H,8H2,1-3H3/t13-/m1/s1. The molecule has 0 radical (unpaired) electrons. The van der Waals surface area contributed by atoms with Crippen LogP contribution in [0, 0.1) is 24.2 Å². The molecule has 1 aromatic rings. The molecule has 0 heterocycles. The maximum Gasteiger partial charge on any atom is 0.240 e. The largest absolute Gasteiger partial charge is 0.395 e. The fraction of sp³-hybridized carbons (Fsp3) is 0.462. The van der Waals surface area contributed by atoms with E-state index in [0.717, 1.165) is 0 Å². The summed E-state index contributed by atoms with van der Waals surface area (Å²) in [6.45, 7) is 5.08.